The predicted molar refractivity (Wildman–Crippen MR) is 91.9 cm³/mol. The van der Waals surface area contributed by atoms with Crippen LogP contribution in [0.25, 0.3) is 0 Å². The topological polar surface area (TPSA) is 65.5 Å². The van der Waals surface area contributed by atoms with Crippen molar-refractivity contribution in [3.63, 3.8) is 0 Å². The minimum Gasteiger partial charge on any atom is -0.357 e. The Morgan fingerprint density at radius 2 is 1.86 bits per heavy atom. The number of aliphatic imine (C=N–C) groups is 1. The van der Waals surface area contributed by atoms with Gasteiger partial charge in [0.25, 0.3) is 0 Å². The van der Waals surface area contributed by atoms with Crippen LogP contribution in [-0.4, -0.2) is 31.0 Å². The van der Waals surface area contributed by atoms with E-state index in [9.17, 15) is 4.79 Å². The molecule has 0 atom stereocenters. The van der Waals surface area contributed by atoms with E-state index >= 15 is 0 Å². The molecule has 0 aromatic heterocycles. The molecule has 0 aliphatic carbocycles. The van der Waals surface area contributed by atoms with Gasteiger partial charge in [0.2, 0.25) is 5.91 Å². The van der Waals surface area contributed by atoms with E-state index in [1.807, 2.05) is 20.8 Å². The molecule has 22 heavy (non-hydrogen) atoms. The number of carbonyl (C=O) groups excluding carboxylic acids is 1. The fourth-order valence-electron chi connectivity index (χ4n) is 1.89. The zero-order chi connectivity index (χ0) is 16.4. The highest BCUT2D eigenvalue weighted by molar-refractivity contribution is 5.81. The molecule has 1 rings (SSSR count). The maximum atomic E-state index is 11.6. The standard InChI is InChI=1S/C17H28N4O/c1-5-18-17(19-11-10-16(22)21-13(2)3)20-12-15-8-6-14(4)7-9-15/h6-9,13H,5,10-12H2,1-4H3,(H,21,22)(H2,18,19,20). The fourth-order valence-corrected chi connectivity index (χ4v) is 1.89. The van der Waals surface area contributed by atoms with Crippen LogP contribution < -0.4 is 16.0 Å². The number of guanidine groups is 1. The molecule has 0 radical (unpaired) electrons. The minimum absolute atomic E-state index is 0.0527. The van der Waals surface area contributed by atoms with Gasteiger partial charge in [-0.25, -0.2) is 4.99 Å². The molecule has 0 saturated heterocycles. The molecule has 0 aliphatic heterocycles. The normalized spacial score (nSPS) is 11.4. The minimum atomic E-state index is 0.0527. The Kier molecular flexibility index (Phi) is 8.04. The number of benzene rings is 1. The van der Waals surface area contributed by atoms with Crippen molar-refractivity contribution in [1.82, 2.24) is 16.0 Å². The molecular weight excluding hydrogens is 276 g/mol. The van der Waals surface area contributed by atoms with Gasteiger partial charge in [0, 0.05) is 25.6 Å². The van der Waals surface area contributed by atoms with Gasteiger partial charge in [0.1, 0.15) is 0 Å². The Labute approximate surface area is 133 Å². The Morgan fingerprint density at radius 3 is 2.45 bits per heavy atom. The van der Waals surface area contributed by atoms with Crippen molar-refractivity contribution in [1.29, 1.82) is 0 Å². The summed E-state index contributed by atoms with van der Waals surface area (Å²) in [6.07, 6.45) is 0.438. The quantitative estimate of drug-likeness (QED) is 0.533. The summed E-state index contributed by atoms with van der Waals surface area (Å²) < 4.78 is 0. The molecule has 0 aliphatic rings. The van der Waals surface area contributed by atoms with Crippen LogP contribution in [0.2, 0.25) is 0 Å². The van der Waals surface area contributed by atoms with E-state index in [0.29, 0.717) is 19.5 Å². The second-order valence-corrected chi connectivity index (χ2v) is 5.58. The number of carbonyl (C=O) groups is 1. The summed E-state index contributed by atoms with van der Waals surface area (Å²) in [5.74, 6) is 0.789. The second-order valence-electron chi connectivity index (χ2n) is 5.58. The molecule has 0 unspecified atom stereocenters. The number of amides is 1. The highest BCUT2D eigenvalue weighted by Crippen LogP contribution is 2.04. The summed E-state index contributed by atoms with van der Waals surface area (Å²) in [4.78, 5) is 16.1. The molecule has 5 heteroatoms. The molecular formula is C17H28N4O. The van der Waals surface area contributed by atoms with Crippen LogP contribution in [-0.2, 0) is 11.3 Å². The molecule has 0 heterocycles. The third-order valence-corrected chi connectivity index (χ3v) is 2.98. The largest absolute Gasteiger partial charge is 0.357 e. The first kappa shape index (κ1) is 18.0. The summed E-state index contributed by atoms with van der Waals surface area (Å²) in [5, 5.41) is 9.24. The van der Waals surface area contributed by atoms with E-state index in [-0.39, 0.29) is 11.9 Å². The molecule has 1 amide bonds. The van der Waals surface area contributed by atoms with Crippen LogP contribution in [0, 0.1) is 6.92 Å². The van der Waals surface area contributed by atoms with Gasteiger partial charge in [-0.1, -0.05) is 29.8 Å². The van der Waals surface area contributed by atoms with Crippen molar-refractivity contribution >= 4 is 11.9 Å². The zero-order valence-corrected chi connectivity index (χ0v) is 14.1. The van der Waals surface area contributed by atoms with Gasteiger partial charge in [-0.3, -0.25) is 4.79 Å². The third-order valence-electron chi connectivity index (χ3n) is 2.98. The first-order valence-corrected chi connectivity index (χ1v) is 7.88. The molecule has 0 fully saturated rings. The highest BCUT2D eigenvalue weighted by atomic mass is 16.1. The van der Waals surface area contributed by atoms with Gasteiger partial charge >= 0.3 is 0 Å². The van der Waals surface area contributed by atoms with Crippen molar-refractivity contribution < 1.29 is 4.79 Å². The lowest BCUT2D eigenvalue weighted by Crippen LogP contribution is -2.40. The highest BCUT2D eigenvalue weighted by Gasteiger charge is 2.03. The van der Waals surface area contributed by atoms with Crippen LogP contribution in [0.3, 0.4) is 0 Å². The number of aryl methyl sites for hydroxylation is 1. The van der Waals surface area contributed by atoms with Crippen LogP contribution in [0.1, 0.15) is 38.3 Å². The Balaban J connectivity index is 2.45. The van der Waals surface area contributed by atoms with E-state index < -0.39 is 0 Å². The van der Waals surface area contributed by atoms with Gasteiger partial charge in [-0.2, -0.15) is 0 Å². The Bertz CT molecular complexity index is 480. The summed E-state index contributed by atoms with van der Waals surface area (Å²) >= 11 is 0. The van der Waals surface area contributed by atoms with Crippen molar-refractivity contribution in [2.45, 2.75) is 46.7 Å². The zero-order valence-electron chi connectivity index (χ0n) is 14.1. The number of nitrogens with one attached hydrogen (secondary N) is 3. The smallest absolute Gasteiger partial charge is 0.221 e. The van der Waals surface area contributed by atoms with Crippen molar-refractivity contribution in [2.24, 2.45) is 4.99 Å². The maximum Gasteiger partial charge on any atom is 0.221 e. The average molecular weight is 304 g/mol. The lowest BCUT2D eigenvalue weighted by Gasteiger charge is -2.12. The molecule has 0 spiro atoms. The second kappa shape index (κ2) is 9.82. The Morgan fingerprint density at radius 1 is 1.18 bits per heavy atom. The Hall–Kier alpha value is -2.04. The van der Waals surface area contributed by atoms with Crippen molar-refractivity contribution in [2.75, 3.05) is 13.1 Å². The van der Waals surface area contributed by atoms with Gasteiger partial charge in [0.15, 0.2) is 5.96 Å². The van der Waals surface area contributed by atoms with Crippen LogP contribution >= 0.6 is 0 Å². The van der Waals surface area contributed by atoms with E-state index in [1.165, 1.54) is 11.1 Å². The van der Waals surface area contributed by atoms with E-state index in [1.54, 1.807) is 0 Å². The van der Waals surface area contributed by atoms with Crippen LogP contribution in [0.4, 0.5) is 0 Å². The molecule has 122 valence electrons. The van der Waals surface area contributed by atoms with Crippen molar-refractivity contribution in [3.8, 4) is 0 Å². The third kappa shape index (κ3) is 7.67. The SMILES string of the molecule is CCNC(=NCc1ccc(C)cc1)NCCC(=O)NC(C)C. The molecule has 1 aromatic rings. The molecule has 3 N–H and O–H groups in total. The lowest BCUT2D eigenvalue weighted by molar-refractivity contribution is -0.121. The number of rotatable bonds is 7. The number of nitrogens with zero attached hydrogens (tertiary/aromatic N) is 1. The summed E-state index contributed by atoms with van der Waals surface area (Å²) in [5.41, 5.74) is 2.41. The molecule has 0 saturated carbocycles. The summed E-state index contributed by atoms with van der Waals surface area (Å²) in [7, 11) is 0. The van der Waals surface area contributed by atoms with Gasteiger partial charge in [-0.05, 0) is 33.3 Å². The van der Waals surface area contributed by atoms with Gasteiger partial charge in [0.05, 0.1) is 6.54 Å². The maximum absolute atomic E-state index is 11.6. The molecule has 5 nitrogen and oxygen atoms in total. The van der Waals surface area contributed by atoms with Crippen LogP contribution in [0.15, 0.2) is 29.3 Å². The molecule has 0 bridgehead atoms. The van der Waals surface area contributed by atoms with Gasteiger partial charge in [-0.15, -0.1) is 0 Å². The van der Waals surface area contributed by atoms with Crippen molar-refractivity contribution in [3.05, 3.63) is 35.4 Å². The predicted octanol–water partition coefficient (Wildman–Crippen LogP) is 1.96. The van der Waals surface area contributed by atoms with E-state index in [0.717, 1.165) is 12.5 Å². The number of hydrogen-bond donors (Lipinski definition) is 3. The first-order valence-electron chi connectivity index (χ1n) is 7.88. The van der Waals surface area contributed by atoms with Gasteiger partial charge < -0.3 is 16.0 Å². The van der Waals surface area contributed by atoms with Crippen LogP contribution in [0.5, 0.6) is 0 Å². The average Bonchev–Trinajstić information content (AvgIpc) is 2.45. The van der Waals surface area contributed by atoms with E-state index in [2.05, 4.69) is 52.1 Å². The fraction of sp³-hybridized carbons (Fsp3) is 0.529. The summed E-state index contributed by atoms with van der Waals surface area (Å²) in [6.45, 7) is 9.98. The molecule has 1 aromatic carbocycles. The monoisotopic (exact) mass is 304 g/mol. The van der Waals surface area contributed by atoms with E-state index in [4.69, 9.17) is 0 Å². The number of hydrogen-bond acceptors (Lipinski definition) is 2. The first-order chi connectivity index (χ1) is 10.5. The summed E-state index contributed by atoms with van der Waals surface area (Å²) in [6, 6.07) is 8.51. The lowest BCUT2D eigenvalue weighted by atomic mass is 10.1.